The summed E-state index contributed by atoms with van der Waals surface area (Å²) >= 11 is 2.29. The van der Waals surface area contributed by atoms with Gasteiger partial charge in [0.15, 0.2) is 0 Å². The molecule has 0 saturated heterocycles. The number of nitrogens with one attached hydrogen (secondary N) is 1. The molecule has 0 aliphatic rings. The average Bonchev–Trinajstić information content (AvgIpc) is 2.03. The van der Waals surface area contributed by atoms with Crippen LogP contribution in [-0.4, -0.2) is 0 Å². The molecule has 0 heterocycles. The minimum atomic E-state index is 0.227. The van der Waals surface area contributed by atoms with Gasteiger partial charge in [0.05, 0.1) is 0 Å². The fraction of sp³-hybridized carbons (Fsp3) is 0.250. The van der Waals surface area contributed by atoms with Crippen molar-refractivity contribution in [1.29, 1.82) is 0 Å². The largest absolute Gasteiger partial charge is 0.271 e. The van der Waals surface area contributed by atoms with E-state index in [1.807, 2.05) is 13.0 Å². The lowest BCUT2D eigenvalue weighted by Crippen LogP contribution is -2.25. The normalized spacial score (nSPS) is 13.0. The maximum atomic E-state index is 5.30. The van der Waals surface area contributed by atoms with Crippen LogP contribution in [0.3, 0.4) is 0 Å². The Morgan fingerprint density at radius 2 is 2.27 bits per heavy atom. The van der Waals surface area contributed by atoms with E-state index in [1.54, 1.807) is 0 Å². The molecule has 0 amide bonds. The van der Waals surface area contributed by atoms with Crippen LogP contribution in [-0.2, 0) is 0 Å². The Hall–Kier alpha value is -0.130. The standard InChI is InChI=1S/C8H11IN2/c1-6(11-10)7-3-2-4-8(9)5-7/h2-6,11H,10H2,1H3/t6-/m0/s1. The minimum Gasteiger partial charge on any atom is -0.271 e. The zero-order valence-corrected chi connectivity index (χ0v) is 8.50. The Morgan fingerprint density at radius 3 is 2.82 bits per heavy atom. The monoisotopic (exact) mass is 262 g/mol. The predicted octanol–water partition coefficient (Wildman–Crippen LogP) is 1.82. The van der Waals surface area contributed by atoms with Crippen molar-refractivity contribution >= 4 is 22.6 Å². The second-order valence-corrected chi connectivity index (χ2v) is 3.69. The van der Waals surface area contributed by atoms with Crippen molar-refractivity contribution < 1.29 is 0 Å². The van der Waals surface area contributed by atoms with E-state index >= 15 is 0 Å². The first-order valence-corrected chi connectivity index (χ1v) is 4.53. The molecule has 0 bridgehead atoms. The van der Waals surface area contributed by atoms with E-state index in [2.05, 4.69) is 46.2 Å². The van der Waals surface area contributed by atoms with Gasteiger partial charge in [0.2, 0.25) is 0 Å². The zero-order chi connectivity index (χ0) is 8.27. The van der Waals surface area contributed by atoms with Crippen molar-refractivity contribution in [3.63, 3.8) is 0 Å². The topological polar surface area (TPSA) is 38.0 Å². The molecule has 0 spiro atoms. The Bertz CT molecular complexity index is 237. The molecule has 0 radical (unpaired) electrons. The highest BCUT2D eigenvalue weighted by molar-refractivity contribution is 14.1. The van der Waals surface area contributed by atoms with Gasteiger partial charge in [0.1, 0.15) is 0 Å². The van der Waals surface area contributed by atoms with Gasteiger partial charge in [-0.05, 0) is 47.2 Å². The second-order valence-electron chi connectivity index (χ2n) is 2.44. The molecule has 0 fully saturated rings. The lowest BCUT2D eigenvalue weighted by molar-refractivity contribution is 0.602. The fourth-order valence-electron chi connectivity index (χ4n) is 0.872. The van der Waals surface area contributed by atoms with E-state index in [4.69, 9.17) is 5.84 Å². The third-order valence-electron chi connectivity index (χ3n) is 1.60. The highest BCUT2D eigenvalue weighted by atomic mass is 127. The summed E-state index contributed by atoms with van der Waals surface area (Å²) in [6, 6.07) is 8.50. The molecule has 0 aromatic heterocycles. The number of hydrogen-bond donors (Lipinski definition) is 2. The molecule has 1 aromatic carbocycles. The van der Waals surface area contributed by atoms with Gasteiger partial charge in [-0.3, -0.25) is 11.3 Å². The Balaban J connectivity index is 2.86. The van der Waals surface area contributed by atoms with Gasteiger partial charge in [-0.25, -0.2) is 0 Å². The van der Waals surface area contributed by atoms with Crippen molar-refractivity contribution in [3.05, 3.63) is 33.4 Å². The number of nitrogens with two attached hydrogens (primary N) is 1. The van der Waals surface area contributed by atoms with E-state index in [0.29, 0.717) is 0 Å². The molecule has 1 aromatic rings. The van der Waals surface area contributed by atoms with Crippen molar-refractivity contribution in [2.75, 3.05) is 0 Å². The van der Waals surface area contributed by atoms with Crippen LogP contribution in [0.4, 0.5) is 0 Å². The van der Waals surface area contributed by atoms with Crippen molar-refractivity contribution in [2.24, 2.45) is 5.84 Å². The van der Waals surface area contributed by atoms with Gasteiger partial charge in [-0.15, -0.1) is 0 Å². The van der Waals surface area contributed by atoms with Gasteiger partial charge in [-0.1, -0.05) is 12.1 Å². The molecule has 1 atom stereocenters. The lowest BCUT2D eigenvalue weighted by Gasteiger charge is -2.09. The van der Waals surface area contributed by atoms with Gasteiger partial charge in [0.25, 0.3) is 0 Å². The second kappa shape index (κ2) is 4.04. The summed E-state index contributed by atoms with van der Waals surface area (Å²) in [4.78, 5) is 0. The van der Waals surface area contributed by atoms with Crippen LogP contribution in [0.25, 0.3) is 0 Å². The van der Waals surface area contributed by atoms with Gasteiger partial charge >= 0.3 is 0 Å². The molecular weight excluding hydrogens is 251 g/mol. The Kier molecular flexibility index (Phi) is 3.29. The molecule has 11 heavy (non-hydrogen) atoms. The minimum absolute atomic E-state index is 0.227. The summed E-state index contributed by atoms with van der Waals surface area (Å²) in [5.41, 5.74) is 3.93. The highest BCUT2D eigenvalue weighted by Crippen LogP contribution is 2.13. The Morgan fingerprint density at radius 1 is 1.55 bits per heavy atom. The zero-order valence-electron chi connectivity index (χ0n) is 6.34. The average molecular weight is 262 g/mol. The number of rotatable bonds is 2. The van der Waals surface area contributed by atoms with Crippen LogP contribution in [0, 0.1) is 3.57 Å². The summed E-state index contributed by atoms with van der Waals surface area (Å²) in [5, 5.41) is 0. The first kappa shape index (κ1) is 8.96. The summed E-state index contributed by atoms with van der Waals surface area (Å²) in [6.45, 7) is 2.03. The first-order valence-electron chi connectivity index (χ1n) is 3.45. The number of halogens is 1. The van der Waals surface area contributed by atoms with E-state index in [-0.39, 0.29) is 6.04 Å². The molecule has 0 aliphatic heterocycles. The van der Waals surface area contributed by atoms with Crippen LogP contribution in [0.15, 0.2) is 24.3 Å². The molecule has 60 valence electrons. The third kappa shape index (κ3) is 2.43. The van der Waals surface area contributed by atoms with E-state index in [0.717, 1.165) is 0 Å². The predicted molar refractivity (Wildman–Crippen MR) is 54.9 cm³/mol. The number of benzene rings is 1. The maximum absolute atomic E-state index is 5.30. The quantitative estimate of drug-likeness (QED) is 0.484. The molecule has 2 nitrogen and oxygen atoms in total. The van der Waals surface area contributed by atoms with E-state index in [1.165, 1.54) is 9.13 Å². The third-order valence-corrected chi connectivity index (χ3v) is 2.27. The molecule has 1 rings (SSSR count). The van der Waals surface area contributed by atoms with Crippen molar-refractivity contribution in [1.82, 2.24) is 5.43 Å². The smallest absolute Gasteiger partial charge is 0.0432 e. The number of hydrogen-bond acceptors (Lipinski definition) is 2. The summed E-state index contributed by atoms with van der Waals surface area (Å²) in [6.07, 6.45) is 0. The molecular formula is C8H11IN2. The number of hydrazine groups is 1. The van der Waals surface area contributed by atoms with E-state index in [9.17, 15) is 0 Å². The van der Waals surface area contributed by atoms with Crippen LogP contribution >= 0.6 is 22.6 Å². The molecule has 3 heteroatoms. The van der Waals surface area contributed by atoms with Gasteiger partial charge in [-0.2, -0.15) is 0 Å². The van der Waals surface area contributed by atoms with Gasteiger partial charge in [0, 0.05) is 9.61 Å². The van der Waals surface area contributed by atoms with Crippen molar-refractivity contribution in [3.8, 4) is 0 Å². The fourth-order valence-corrected chi connectivity index (χ4v) is 1.44. The Labute approximate surface area is 80.3 Å². The highest BCUT2D eigenvalue weighted by Gasteiger charge is 2.00. The van der Waals surface area contributed by atoms with Crippen LogP contribution in [0.5, 0.6) is 0 Å². The molecule has 3 N–H and O–H groups in total. The summed E-state index contributed by atoms with van der Waals surface area (Å²) in [5.74, 6) is 5.30. The first-order chi connectivity index (χ1) is 5.24. The summed E-state index contributed by atoms with van der Waals surface area (Å²) in [7, 11) is 0. The van der Waals surface area contributed by atoms with Crippen LogP contribution < -0.4 is 11.3 Å². The molecule has 0 aliphatic carbocycles. The van der Waals surface area contributed by atoms with Gasteiger partial charge < -0.3 is 0 Å². The molecule has 0 saturated carbocycles. The summed E-state index contributed by atoms with van der Waals surface area (Å²) < 4.78 is 1.24. The van der Waals surface area contributed by atoms with E-state index < -0.39 is 0 Å². The maximum Gasteiger partial charge on any atom is 0.0432 e. The SMILES string of the molecule is C[C@H](NN)c1cccc(I)c1. The van der Waals surface area contributed by atoms with Crippen LogP contribution in [0.1, 0.15) is 18.5 Å². The van der Waals surface area contributed by atoms with Crippen LogP contribution in [0.2, 0.25) is 0 Å². The molecule has 0 unspecified atom stereocenters. The lowest BCUT2D eigenvalue weighted by atomic mass is 10.1. The van der Waals surface area contributed by atoms with Crippen molar-refractivity contribution in [2.45, 2.75) is 13.0 Å².